The molecule has 2 aromatic rings. The molecule has 1 heterocycles. The highest BCUT2D eigenvalue weighted by atomic mass is 32.2. The van der Waals surface area contributed by atoms with E-state index in [0.717, 1.165) is 50.5 Å². The van der Waals surface area contributed by atoms with Crippen molar-refractivity contribution in [1.29, 1.82) is 0 Å². The van der Waals surface area contributed by atoms with Gasteiger partial charge in [0.2, 0.25) is 10.0 Å². The van der Waals surface area contributed by atoms with E-state index in [9.17, 15) is 8.42 Å². The molecule has 0 amide bonds. The molecule has 1 aliphatic heterocycles. The smallest absolute Gasteiger partial charge is 0.215 e. The second-order valence-corrected chi connectivity index (χ2v) is 8.83. The van der Waals surface area contributed by atoms with Crippen molar-refractivity contribution in [2.24, 2.45) is 0 Å². The number of hydrogen-bond donors (Lipinski definition) is 1. The summed E-state index contributed by atoms with van der Waals surface area (Å²) < 4.78 is 32.2. The number of nitrogens with zero attached hydrogens (tertiary/aromatic N) is 2. The number of anilines is 1. The molecule has 1 aliphatic rings. The second kappa shape index (κ2) is 9.91. The van der Waals surface area contributed by atoms with E-state index in [2.05, 4.69) is 26.7 Å². The Morgan fingerprint density at radius 3 is 2.29 bits per heavy atom. The molecule has 0 bridgehead atoms. The summed E-state index contributed by atoms with van der Waals surface area (Å²) in [6.07, 6.45) is 0.816. The van der Waals surface area contributed by atoms with Crippen molar-refractivity contribution in [2.45, 2.75) is 12.2 Å². The number of methoxy groups -OCH3 is 1. The molecule has 7 heteroatoms. The predicted molar refractivity (Wildman–Crippen MR) is 113 cm³/mol. The molecule has 6 nitrogen and oxygen atoms in total. The lowest BCUT2D eigenvalue weighted by Crippen LogP contribution is -2.47. The van der Waals surface area contributed by atoms with E-state index in [1.807, 2.05) is 42.5 Å². The van der Waals surface area contributed by atoms with Crippen molar-refractivity contribution in [2.75, 3.05) is 51.3 Å². The standard InChI is InChI=1S/C21H29N3O3S/c1-27-21-10-8-20(9-11-21)24-16-14-23(15-17-24)13-5-12-22-28(25,26)18-19-6-3-2-4-7-19/h2-4,6-11,22H,5,12-18H2,1H3. The maximum Gasteiger partial charge on any atom is 0.215 e. The monoisotopic (exact) mass is 403 g/mol. The van der Waals surface area contributed by atoms with Gasteiger partial charge in [-0.1, -0.05) is 30.3 Å². The van der Waals surface area contributed by atoms with Gasteiger partial charge >= 0.3 is 0 Å². The summed E-state index contributed by atoms with van der Waals surface area (Å²) in [5.74, 6) is 0.908. The molecule has 1 saturated heterocycles. The molecule has 0 saturated carbocycles. The van der Waals surface area contributed by atoms with Gasteiger partial charge in [0.05, 0.1) is 12.9 Å². The second-order valence-electron chi connectivity index (χ2n) is 7.02. The third kappa shape index (κ3) is 6.22. The van der Waals surface area contributed by atoms with Crippen molar-refractivity contribution in [1.82, 2.24) is 9.62 Å². The van der Waals surface area contributed by atoms with E-state index in [4.69, 9.17) is 4.74 Å². The van der Waals surface area contributed by atoms with Crippen molar-refractivity contribution >= 4 is 15.7 Å². The predicted octanol–water partition coefficient (Wildman–Crippen LogP) is 2.33. The molecule has 0 atom stereocenters. The summed E-state index contributed by atoms with van der Waals surface area (Å²) in [4.78, 5) is 4.77. The van der Waals surface area contributed by atoms with E-state index >= 15 is 0 Å². The molecular formula is C21H29N3O3S. The molecule has 0 aromatic heterocycles. The first-order chi connectivity index (χ1) is 13.6. The van der Waals surface area contributed by atoms with Gasteiger partial charge in [-0.3, -0.25) is 4.90 Å². The van der Waals surface area contributed by atoms with Crippen LogP contribution >= 0.6 is 0 Å². The zero-order chi connectivity index (χ0) is 19.8. The topological polar surface area (TPSA) is 61.9 Å². The Balaban J connectivity index is 1.35. The maximum atomic E-state index is 12.2. The normalized spacial score (nSPS) is 15.5. The minimum Gasteiger partial charge on any atom is -0.497 e. The number of ether oxygens (including phenoxy) is 1. The zero-order valence-corrected chi connectivity index (χ0v) is 17.2. The Bertz CT molecular complexity index is 818. The van der Waals surface area contributed by atoms with Gasteiger partial charge in [-0.2, -0.15) is 0 Å². The minimum absolute atomic E-state index is 0.0361. The molecule has 0 aliphatic carbocycles. The van der Waals surface area contributed by atoms with Crippen molar-refractivity contribution in [3.8, 4) is 5.75 Å². The van der Waals surface area contributed by atoms with Crippen LogP contribution < -0.4 is 14.4 Å². The molecule has 152 valence electrons. The fourth-order valence-electron chi connectivity index (χ4n) is 3.40. The molecule has 0 unspecified atom stereocenters. The first kappa shape index (κ1) is 20.6. The van der Waals surface area contributed by atoms with Gasteiger partial charge in [-0.05, 0) is 42.8 Å². The molecule has 28 heavy (non-hydrogen) atoms. The number of hydrogen-bond acceptors (Lipinski definition) is 5. The molecule has 2 aromatic carbocycles. The van der Waals surface area contributed by atoms with Gasteiger partial charge in [0, 0.05) is 38.4 Å². The Morgan fingerprint density at radius 1 is 0.964 bits per heavy atom. The van der Waals surface area contributed by atoms with E-state index in [-0.39, 0.29) is 5.75 Å². The number of benzene rings is 2. The van der Waals surface area contributed by atoms with Gasteiger partial charge in [-0.15, -0.1) is 0 Å². The van der Waals surface area contributed by atoms with Crippen LogP contribution in [0.3, 0.4) is 0 Å². The summed E-state index contributed by atoms with van der Waals surface area (Å²) >= 11 is 0. The number of rotatable bonds is 9. The number of sulfonamides is 1. The first-order valence-corrected chi connectivity index (χ1v) is 11.3. The van der Waals surface area contributed by atoms with E-state index in [0.29, 0.717) is 6.54 Å². The van der Waals surface area contributed by atoms with Crippen LogP contribution in [-0.4, -0.2) is 59.7 Å². The fraction of sp³-hybridized carbons (Fsp3) is 0.429. The van der Waals surface area contributed by atoms with Crippen molar-refractivity contribution in [3.63, 3.8) is 0 Å². The largest absolute Gasteiger partial charge is 0.497 e. The maximum absolute atomic E-state index is 12.2. The average molecular weight is 404 g/mol. The van der Waals surface area contributed by atoms with Crippen molar-refractivity contribution in [3.05, 3.63) is 60.2 Å². The Morgan fingerprint density at radius 2 is 1.64 bits per heavy atom. The summed E-state index contributed by atoms with van der Waals surface area (Å²) in [5, 5.41) is 0. The molecule has 1 N–H and O–H groups in total. The van der Waals surface area contributed by atoms with Crippen molar-refractivity contribution < 1.29 is 13.2 Å². The van der Waals surface area contributed by atoms with E-state index < -0.39 is 10.0 Å². The highest BCUT2D eigenvalue weighted by molar-refractivity contribution is 7.88. The van der Waals surface area contributed by atoms with E-state index in [1.54, 1.807) is 7.11 Å². The Labute approximate surface area is 168 Å². The van der Waals surface area contributed by atoms with Gasteiger partial charge in [0.1, 0.15) is 5.75 Å². The fourth-order valence-corrected chi connectivity index (χ4v) is 4.59. The minimum atomic E-state index is -3.28. The van der Waals surface area contributed by atoms with Crippen LogP contribution in [0.4, 0.5) is 5.69 Å². The van der Waals surface area contributed by atoms with Crippen LogP contribution in [0.1, 0.15) is 12.0 Å². The highest BCUT2D eigenvalue weighted by Crippen LogP contribution is 2.20. The van der Waals surface area contributed by atoms with Crippen LogP contribution in [0.15, 0.2) is 54.6 Å². The number of nitrogens with one attached hydrogen (secondary N) is 1. The molecule has 3 rings (SSSR count). The quantitative estimate of drug-likeness (QED) is 0.651. The van der Waals surface area contributed by atoms with Gasteiger partial charge in [0.15, 0.2) is 0 Å². The number of piperazine rings is 1. The van der Waals surface area contributed by atoms with Crippen LogP contribution in [0.5, 0.6) is 5.75 Å². The Hall–Kier alpha value is -2.09. The average Bonchev–Trinajstić information content (AvgIpc) is 2.72. The molecule has 0 spiro atoms. The van der Waals surface area contributed by atoms with Gasteiger partial charge in [0.25, 0.3) is 0 Å². The van der Waals surface area contributed by atoms with E-state index in [1.165, 1.54) is 5.69 Å². The lowest BCUT2D eigenvalue weighted by atomic mass is 10.2. The van der Waals surface area contributed by atoms with Crippen LogP contribution in [0.2, 0.25) is 0 Å². The van der Waals surface area contributed by atoms with Crippen LogP contribution in [0.25, 0.3) is 0 Å². The summed E-state index contributed by atoms with van der Waals surface area (Å²) in [6, 6.07) is 17.4. The lowest BCUT2D eigenvalue weighted by Gasteiger charge is -2.36. The molecule has 0 radical (unpaired) electrons. The highest BCUT2D eigenvalue weighted by Gasteiger charge is 2.17. The Kier molecular flexibility index (Phi) is 7.30. The first-order valence-electron chi connectivity index (χ1n) is 9.68. The summed E-state index contributed by atoms with van der Waals surface area (Å²) in [7, 11) is -1.60. The van der Waals surface area contributed by atoms with Crippen LogP contribution in [0, 0.1) is 0 Å². The van der Waals surface area contributed by atoms with Gasteiger partial charge < -0.3 is 9.64 Å². The molecular weight excluding hydrogens is 374 g/mol. The third-order valence-corrected chi connectivity index (χ3v) is 6.34. The zero-order valence-electron chi connectivity index (χ0n) is 16.4. The summed E-state index contributed by atoms with van der Waals surface area (Å²) in [5.41, 5.74) is 2.03. The lowest BCUT2D eigenvalue weighted by molar-refractivity contribution is 0.255. The van der Waals surface area contributed by atoms with Gasteiger partial charge in [-0.25, -0.2) is 13.1 Å². The third-order valence-electron chi connectivity index (χ3n) is 4.98. The molecule has 1 fully saturated rings. The summed E-state index contributed by atoms with van der Waals surface area (Å²) in [6.45, 7) is 5.32. The SMILES string of the molecule is COc1ccc(N2CCN(CCCNS(=O)(=O)Cc3ccccc3)CC2)cc1. The van der Waals surface area contributed by atoms with Crippen LogP contribution in [-0.2, 0) is 15.8 Å².